The van der Waals surface area contributed by atoms with E-state index < -0.39 is 6.03 Å². The van der Waals surface area contributed by atoms with Crippen molar-refractivity contribution in [2.45, 2.75) is 25.9 Å². The minimum Gasteiger partial charge on any atom is -0.352 e. The predicted molar refractivity (Wildman–Crippen MR) is 67.5 cm³/mol. The van der Waals surface area contributed by atoms with E-state index in [1.54, 1.807) is 0 Å². The molecule has 1 heterocycles. The maximum atomic E-state index is 11.1. The Hall–Kier alpha value is -1.55. The number of fused-ring (bicyclic) bond motifs is 1. The lowest BCUT2D eigenvalue weighted by Crippen LogP contribution is -2.47. The molecular formula is C13H19N3O. The lowest BCUT2D eigenvalue weighted by molar-refractivity contribution is 0.157. The van der Waals surface area contributed by atoms with Crippen molar-refractivity contribution in [1.82, 2.24) is 10.2 Å². The van der Waals surface area contributed by atoms with Gasteiger partial charge in [-0.1, -0.05) is 31.2 Å². The second-order valence-electron chi connectivity index (χ2n) is 4.40. The average Bonchev–Trinajstić information content (AvgIpc) is 2.32. The molecule has 1 aliphatic rings. The van der Waals surface area contributed by atoms with Crippen LogP contribution in [0.15, 0.2) is 24.3 Å². The highest BCUT2D eigenvalue weighted by molar-refractivity contribution is 5.72. The van der Waals surface area contributed by atoms with E-state index in [0.29, 0.717) is 0 Å². The Morgan fingerprint density at radius 2 is 2.29 bits per heavy atom. The van der Waals surface area contributed by atoms with Gasteiger partial charge < -0.3 is 11.1 Å². The molecule has 0 saturated carbocycles. The van der Waals surface area contributed by atoms with E-state index in [-0.39, 0.29) is 6.17 Å². The molecule has 2 amide bonds. The Bertz CT molecular complexity index is 405. The van der Waals surface area contributed by atoms with Crippen LogP contribution in [0, 0.1) is 0 Å². The number of hydrogen-bond donors (Lipinski definition) is 2. The third kappa shape index (κ3) is 2.58. The maximum absolute atomic E-state index is 11.1. The summed E-state index contributed by atoms with van der Waals surface area (Å²) in [5, 5.41) is 2.84. The van der Waals surface area contributed by atoms with Crippen LogP contribution in [0.3, 0.4) is 0 Å². The van der Waals surface area contributed by atoms with Crippen molar-refractivity contribution < 1.29 is 4.79 Å². The van der Waals surface area contributed by atoms with E-state index in [1.807, 2.05) is 12.1 Å². The van der Waals surface area contributed by atoms with E-state index in [2.05, 4.69) is 29.3 Å². The fraction of sp³-hybridized carbons (Fsp3) is 0.462. The van der Waals surface area contributed by atoms with Gasteiger partial charge in [-0.3, -0.25) is 4.90 Å². The van der Waals surface area contributed by atoms with Crippen LogP contribution in [0.1, 0.15) is 30.6 Å². The van der Waals surface area contributed by atoms with Gasteiger partial charge in [0.05, 0.1) is 0 Å². The molecule has 0 bridgehead atoms. The number of amides is 2. The maximum Gasteiger partial charge on any atom is 0.313 e. The molecule has 1 aromatic rings. The number of nitrogens with one attached hydrogen (secondary N) is 1. The van der Waals surface area contributed by atoms with E-state index in [4.69, 9.17) is 5.73 Å². The van der Waals surface area contributed by atoms with Crippen molar-refractivity contribution in [2.75, 3.05) is 13.1 Å². The Kier molecular flexibility index (Phi) is 3.64. The molecule has 4 nitrogen and oxygen atoms in total. The van der Waals surface area contributed by atoms with Crippen LogP contribution in [0.2, 0.25) is 0 Å². The van der Waals surface area contributed by atoms with Crippen LogP contribution in [-0.2, 0) is 6.42 Å². The number of hydrogen-bond acceptors (Lipinski definition) is 2. The third-order valence-corrected chi connectivity index (χ3v) is 3.17. The second kappa shape index (κ2) is 5.19. The lowest BCUT2D eigenvalue weighted by atomic mass is 9.96. The van der Waals surface area contributed by atoms with E-state index in [0.717, 1.165) is 25.9 Å². The SMILES string of the molecule is CCCN1CCc2ccccc2C1NC(N)=O. The highest BCUT2D eigenvalue weighted by Gasteiger charge is 2.26. The van der Waals surface area contributed by atoms with Crippen molar-refractivity contribution in [3.05, 3.63) is 35.4 Å². The minimum atomic E-state index is -0.465. The topological polar surface area (TPSA) is 58.4 Å². The fourth-order valence-electron chi connectivity index (χ4n) is 2.45. The number of primary amides is 1. The predicted octanol–water partition coefficient (Wildman–Crippen LogP) is 1.62. The third-order valence-electron chi connectivity index (χ3n) is 3.17. The van der Waals surface area contributed by atoms with Crippen LogP contribution >= 0.6 is 0 Å². The number of nitrogens with zero attached hydrogens (tertiary/aromatic N) is 1. The second-order valence-corrected chi connectivity index (χ2v) is 4.40. The number of nitrogens with two attached hydrogens (primary N) is 1. The summed E-state index contributed by atoms with van der Waals surface area (Å²) in [6, 6.07) is 7.76. The van der Waals surface area contributed by atoms with Crippen LogP contribution in [0.4, 0.5) is 4.79 Å². The van der Waals surface area contributed by atoms with Crippen LogP contribution in [0.5, 0.6) is 0 Å². The molecular weight excluding hydrogens is 214 g/mol. The first-order chi connectivity index (χ1) is 8.22. The van der Waals surface area contributed by atoms with Gasteiger partial charge in [-0.25, -0.2) is 4.79 Å². The summed E-state index contributed by atoms with van der Waals surface area (Å²) in [6.45, 7) is 4.08. The van der Waals surface area contributed by atoms with Crippen molar-refractivity contribution in [1.29, 1.82) is 0 Å². The lowest BCUT2D eigenvalue weighted by Gasteiger charge is -2.37. The van der Waals surface area contributed by atoms with Crippen molar-refractivity contribution in [3.8, 4) is 0 Å². The normalized spacial score (nSPS) is 19.7. The molecule has 2 rings (SSSR count). The van der Waals surface area contributed by atoms with E-state index in [1.165, 1.54) is 11.1 Å². The van der Waals surface area contributed by atoms with Gasteiger partial charge in [-0.15, -0.1) is 0 Å². The molecule has 4 heteroatoms. The van der Waals surface area contributed by atoms with E-state index in [9.17, 15) is 4.79 Å². The van der Waals surface area contributed by atoms with Crippen LogP contribution in [0.25, 0.3) is 0 Å². The molecule has 0 fully saturated rings. The Morgan fingerprint density at radius 3 is 3.00 bits per heavy atom. The smallest absolute Gasteiger partial charge is 0.313 e. The first-order valence-corrected chi connectivity index (χ1v) is 6.10. The van der Waals surface area contributed by atoms with Crippen molar-refractivity contribution >= 4 is 6.03 Å². The average molecular weight is 233 g/mol. The Balaban J connectivity index is 2.28. The summed E-state index contributed by atoms with van der Waals surface area (Å²) < 4.78 is 0. The van der Waals surface area contributed by atoms with Gasteiger partial charge in [0.25, 0.3) is 0 Å². The molecule has 1 aromatic carbocycles. The van der Waals surface area contributed by atoms with Gasteiger partial charge in [-0.05, 0) is 24.0 Å². The summed E-state index contributed by atoms with van der Waals surface area (Å²) in [4.78, 5) is 13.4. The van der Waals surface area contributed by atoms with Gasteiger partial charge >= 0.3 is 6.03 Å². The molecule has 1 atom stereocenters. The van der Waals surface area contributed by atoms with Gasteiger partial charge in [0.15, 0.2) is 0 Å². The molecule has 0 aromatic heterocycles. The summed E-state index contributed by atoms with van der Waals surface area (Å²) >= 11 is 0. The molecule has 0 saturated heterocycles. The summed E-state index contributed by atoms with van der Waals surface area (Å²) in [5.74, 6) is 0. The molecule has 0 radical (unpaired) electrons. The quantitative estimate of drug-likeness (QED) is 0.833. The molecule has 3 N–H and O–H groups in total. The van der Waals surface area contributed by atoms with Crippen molar-refractivity contribution in [2.24, 2.45) is 5.73 Å². The van der Waals surface area contributed by atoms with Gasteiger partial charge in [-0.2, -0.15) is 0 Å². The monoisotopic (exact) mass is 233 g/mol. The molecule has 1 aliphatic heterocycles. The Morgan fingerprint density at radius 1 is 1.53 bits per heavy atom. The van der Waals surface area contributed by atoms with Crippen molar-refractivity contribution in [3.63, 3.8) is 0 Å². The highest BCUT2D eigenvalue weighted by atomic mass is 16.2. The standard InChI is InChI=1S/C13H19N3O/c1-2-8-16-9-7-10-5-3-4-6-11(10)12(16)15-13(14)17/h3-6,12H,2,7-9H2,1H3,(H3,14,15,17). The van der Waals surface area contributed by atoms with Crippen LogP contribution in [-0.4, -0.2) is 24.0 Å². The fourth-order valence-corrected chi connectivity index (χ4v) is 2.45. The highest BCUT2D eigenvalue weighted by Crippen LogP contribution is 2.27. The number of rotatable bonds is 3. The van der Waals surface area contributed by atoms with Gasteiger partial charge in [0, 0.05) is 13.1 Å². The van der Waals surface area contributed by atoms with Gasteiger partial charge in [0.2, 0.25) is 0 Å². The minimum absolute atomic E-state index is 0.0719. The number of carbonyl (C=O) groups excluding carboxylic acids is 1. The zero-order valence-corrected chi connectivity index (χ0v) is 10.1. The zero-order chi connectivity index (χ0) is 12.3. The molecule has 0 aliphatic carbocycles. The summed E-state index contributed by atoms with van der Waals surface area (Å²) in [5.41, 5.74) is 7.74. The van der Waals surface area contributed by atoms with E-state index >= 15 is 0 Å². The first kappa shape index (κ1) is 11.9. The zero-order valence-electron chi connectivity index (χ0n) is 10.1. The number of urea groups is 1. The largest absolute Gasteiger partial charge is 0.352 e. The van der Waals surface area contributed by atoms with Crippen LogP contribution < -0.4 is 11.1 Å². The molecule has 17 heavy (non-hydrogen) atoms. The Labute approximate surface area is 102 Å². The summed E-state index contributed by atoms with van der Waals surface area (Å²) in [6.07, 6.45) is 2.03. The van der Waals surface area contributed by atoms with Gasteiger partial charge in [0.1, 0.15) is 6.17 Å². The molecule has 0 spiro atoms. The summed E-state index contributed by atoms with van der Waals surface area (Å²) in [7, 11) is 0. The number of carbonyl (C=O) groups is 1. The molecule has 1 unspecified atom stereocenters. The first-order valence-electron chi connectivity index (χ1n) is 6.10. The number of benzene rings is 1. The molecule has 92 valence electrons.